The van der Waals surface area contributed by atoms with Crippen LogP contribution in [0.25, 0.3) is 11.0 Å². The van der Waals surface area contributed by atoms with Crippen molar-refractivity contribution >= 4 is 34.3 Å². The number of carbonyl (C=O) groups is 2. The first kappa shape index (κ1) is 17.7. The molecule has 140 valence electrons. The Kier molecular flexibility index (Phi) is 4.89. The largest absolute Gasteiger partial charge is 0.451 e. The van der Waals surface area contributed by atoms with E-state index in [1.165, 1.54) is 0 Å². The molecule has 0 aliphatic carbocycles. The van der Waals surface area contributed by atoms with Crippen molar-refractivity contribution in [2.45, 2.75) is 19.8 Å². The first-order valence-electron chi connectivity index (χ1n) is 8.97. The molecule has 2 aromatic heterocycles. The summed E-state index contributed by atoms with van der Waals surface area (Å²) in [7, 11) is 0. The van der Waals surface area contributed by atoms with E-state index in [1.54, 1.807) is 13.0 Å². The van der Waals surface area contributed by atoms with E-state index >= 15 is 0 Å². The summed E-state index contributed by atoms with van der Waals surface area (Å²) >= 11 is 1.15. The molecule has 7 nitrogen and oxygen atoms in total. The number of hydrogen-bond acceptors (Lipinski definition) is 6. The van der Waals surface area contributed by atoms with E-state index in [4.69, 9.17) is 4.42 Å². The molecule has 0 radical (unpaired) electrons. The molecule has 0 spiro atoms. The van der Waals surface area contributed by atoms with Crippen LogP contribution in [0.2, 0.25) is 0 Å². The molecule has 3 heterocycles. The Labute approximate surface area is 160 Å². The van der Waals surface area contributed by atoms with Gasteiger partial charge in [0, 0.05) is 25.0 Å². The Hall–Kier alpha value is -2.74. The first-order chi connectivity index (χ1) is 13.1. The number of carbonyl (C=O) groups excluding carboxylic acids is 2. The summed E-state index contributed by atoms with van der Waals surface area (Å²) in [4.78, 5) is 27.3. The monoisotopic (exact) mass is 384 g/mol. The van der Waals surface area contributed by atoms with Crippen molar-refractivity contribution in [3.63, 3.8) is 0 Å². The first-order valence-corrected chi connectivity index (χ1v) is 9.74. The SMILES string of the molecule is Cc1nnsc1C(=O)N1CCC(CNC(=O)c2cc3ccccc3o2)CC1. The highest BCUT2D eigenvalue weighted by molar-refractivity contribution is 7.07. The van der Waals surface area contributed by atoms with Gasteiger partial charge in [0.1, 0.15) is 10.5 Å². The number of piperidine rings is 1. The summed E-state index contributed by atoms with van der Waals surface area (Å²) in [5.41, 5.74) is 1.40. The molecule has 8 heteroatoms. The van der Waals surface area contributed by atoms with Crippen molar-refractivity contribution in [1.29, 1.82) is 0 Å². The lowest BCUT2D eigenvalue weighted by molar-refractivity contribution is 0.0687. The standard InChI is InChI=1S/C19H20N4O3S/c1-12-17(27-22-21-12)19(25)23-8-6-13(7-9-23)11-20-18(24)16-10-14-4-2-3-5-15(14)26-16/h2-5,10,13H,6-9,11H2,1H3,(H,20,24). The normalized spacial score (nSPS) is 15.2. The Morgan fingerprint density at radius 3 is 2.78 bits per heavy atom. The quantitative estimate of drug-likeness (QED) is 0.747. The van der Waals surface area contributed by atoms with Crippen molar-refractivity contribution in [2.75, 3.05) is 19.6 Å². The summed E-state index contributed by atoms with van der Waals surface area (Å²) in [6.07, 6.45) is 1.72. The molecule has 0 saturated carbocycles. The fourth-order valence-corrected chi connectivity index (χ4v) is 3.95. The molecular formula is C19H20N4O3S. The molecule has 3 aromatic rings. The number of likely N-dealkylation sites (tertiary alicyclic amines) is 1. The van der Waals surface area contributed by atoms with Crippen molar-refractivity contribution < 1.29 is 14.0 Å². The van der Waals surface area contributed by atoms with Gasteiger partial charge < -0.3 is 14.6 Å². The minimum atomic E-state index is -0.198. The van der Waals surface area contributed by atoms with Crippen molar-refractivity contribution in [2.24, 2.45) is 5.92 Å². The van der Waals surface area contributed by atoms with E-state index in [0.29, 0.717) is 47.5 Å². The summed E-state index contributed by atoms with van der Waals surface area (Å²) in [6, 6.07) is 9.32. The number of benzene rings is 1. The summed E-state index contributed by atoms with van der Waals surface area (Å²) in [5.74, 6) is 0.489. The van der Waals surface area contributed by atoms with E-state index in [0.717, 1.165) is 29.8 Å². The van der Waals surface area contributed by atoms with Crippen LogP contribution in [-0.2, 0) is 0 Å². The number of hydrogen-bond donors (Lipinski definition) is 1. The van der Waals surface area contributed by atoms with Gasteiger partial charge in [-0.05, 0) is 49.3 Å². The third-order valence-electron chi connectivity index (χ3n) is 4.95. The molecule has 1 aliphatic rings. The van der Waals surface area contributed by atoms with Crippen LogP contribution >= 0.6 is 11.5 Å². The van der Waals surface area contributed by atoms with Gasteiger partial charge in [-0.3, -0.25) is 9.59 Å². The molecule has 0 bridgehead atoms. The van der Waals surface area contributed by atoms with Gasteiger partial charge in [0.25, 0.3) is 11.8 Å². The number of para-hydroxylation sites is 1. The zero-order chi connectivity index (χ0) is 18.8. The number of furan rings is 1. The Bertz CT molecular complexity index is 939. The molecule has 1 aromatic carbocycles. The second-order valence-corrected chi connectivity index (χ2v) is 7.54. The molecule has 1 N–H and O–H groups in total. The van der Waals surface area contributed by atoms with Gasteiger partial charge >= 0.3 is 0 Å². The van der Waals surface area contributed by atoms with E-state index < -0.39 is 0 Å². The molecule has 4 rings (SSSR count). The average molecular weight is 384 g/mol. The third-order valence-corrected chi connectivity index (χ3v) is 5.76. The minimum absolute atomic E-state index is 0.00672. The molecular weight excluding hydrogens is 364 g/mol. The van der Waals surface area contributed by atoms with Gasteiger partial charge in [-0.2, -0.15) is 0 Å². The Balaban J connectivity index is 1.28. The minimum Gasteiger partial charge on any atom is -0.451 e. The number of aryl methyl sites for hydroxylation is 1. The van der Waals surface area contributed by atoms with Gasteiger partial charge in [-0.15, -0.1) is 5.10 Å². The average Bonchev–Trinajstić information content (AvgIpc) is 3.32. The number of rotatable bonds is 4. The van der Waals surface area contributed by atoms with Crippen LogP contribution in [0, 0.1) is 12.8 Å². The fourth-order valence-electron chi connectivity index (χ4n) is 3.33. The predicted molar refractivity (Wildman–Crippen MR) is 102 cm³/mol. The predicted octanol–water partition coefficient (Wildman–Crippen LogP) is 2.87. The van der Waals surface area contributed by atoms with Crippen LogP contribution in [0.4, 0.5) is 0 Å². The maximum Gasteiger partial charge on any atom is 0.287 e. The number of aromatic nitrogens is 2. The lowest BCUT2D eigenvalue weighted by atomic mass is 9.96. The highest BCUT2D eigenvalue weighted by Gasteiger charge is 2.26. The number of fused-ring (bicyclic) bond motifs is 1. The van der Waals surface area contributed by atoms with E-state index in [1.807, 2.05) is 29.2 Å². The maximum atomic E-state index is 12.5. The summed E-state index contributed by atoms with van der Waals surface area (Å²) in [6.45, 7) is 3.75. The van der Waals surface area contributed by atoms with E-state index in [9.17, 15) is 9.59 Å². The molecule has 1 fully saturated rings. The van der Waals surface area contributed by atoms with Crippen LogP contribution in [0.15, 0.2) is 34.7 Å². The Morgan fingerprint density at radius 2 is 2.07 bits per heavy atom. The molecule has 0 atom stereocenters. The van der Waals surface area contributed by atoms with Crippen molar-refractivity contribution in [1.82, 2.24) is 19.8 Å². The molecule has 27 heavy (non-hydrogen) atoms. The summed E-state index contributed by atoms with van der Waals surface area (Å²) < 4.78 is 9.43. The van der Waals surface area contributed by atoms with E-state index in [2.05, 4.69) is 14.9 Å². The number of amides is 2. The van der Waals surface area contributed by atoms with Gasteiger partial charge in [0.2, 0.25) is 0 Å². The summed E-state index contributed by atoms with van der Waals surface area (Å²) in [5, 5.41) is 7.78. The maximum absolute atomic E-state index is 12.5. The van der Waals surface area contributed by atoms with Crippen molar-refractivity contribution in [3.05, 3.63) is 46.7 Å². The fraction of sp³-hybridized carbons (Fsp3) is 0.368. The number of nitrogens with zero attached hydrogens (tertiary/aromatic N) is 3. The topological polar surface area (TPSA) is 88.3 Å². The van der Waals surface area contributed by atoms with Crippen molar-refractivity contribution in [3.8, 4) is 0 Å². The van der Waals surface area contributed by atoms with Gasteiger partial charge in [-0.25, -0.2) is 0 Å². The zero-order valence-corrected chi connectivity index (χ0v) is 15.8. The van der Waals surface area contributed by atoms with Gasteiger partial charge in [-0.1, -0.05) is 22.7 Å². The van der Waals surface area contributed by atoms with Crippen LogP contribution < -0.4 is 5.32 Å². The van der Waals surface area contributed by atoms with Gasteiger partial charge in [0.05, 0.1) is 5.69 Å². The zero-order valence-electron chi connectivity index (χ0n) is 15.0. The second kappa shape index (κ2) is 7.48. The van der Waals surface area contributed by atoms with Crippen LogP contribution in [0.5, 0.6) is 0 Å². The molecule has 1 saturated heterocycles. The highest BCUT2D eigenvalue weighted by atomic mass is 32.1. The van der Waals surface area contributed by atoms with Gasteiger partial charge in [0.15, 0.2) is 5.76 Å². The van der Waals surface area contributed by atoms with Crippen LogP contribution in [0.3, 0.4) is 0 Å². The second-order valence-electron chi connectivity index (χ2n) is 6.78. The molecule has 1 aliphatic heterocycles. The molecule has 2 amide bonds. The highest BCUT2D eigenvalue weighted by Crippen LogP contribution is 2.22. The Morgan fingerprint density at radius 1 is 1.30 bits per heavy atom. The van der Waals surface area contributed by atoms with Crippen LogP contribution in [0.1, 0.15) is 38.8 Å². The molecule has 0 unspecified atom stereocenters. The lowest BCUT2D eigenvalue weighted by Crippen LogP contribution is -2.41. The lowest BCUT2D eigenvalue weighted by Gasteiger charge is -2.31. The van der Waals surface area contributed by atoms with E-state index in [-0.39, 0.29) is 11.8 Å². The number of nitrogens with one attached hydrogen (secondary N) is 1. The smallest absolute Gasteiger partial charge is 0.287 e. The third kappa shape index (κ3) is 3.71. The van der Waals surface area contributed by atoms with Crippen LogP contribution in [-0.4, -0.2) is 45.9 Å².